The lowest BCUT2D eigenvalue weighted by atomic mass is 10.1. The molecule has 2 aromatic rings. The van der Waals surface area contributed by atoms with Gasteiger partial charge in [-0.05, 0) is 24.1 Å². The normalized spacial score (nSPS) is 14.7. The van der Waals surface area contributed by atoms with E-state index >= 15 is 0 Å². The summed E-state index contributed by atoms with van der Waals surface area (Å²) in [6.07, 6.45) is -5.92. The zero-order valence-corrected chi connectivity index (χ0v) is 19.0. The van der Waals surface area contributed by atoms with Gasteiger partial charge in [0.1, 0.15) is 11.8 Å². The summed E-state index contributed by atoms with van der Waals surface area (Å²) in [6.45, 7) is 2.33. The van der Waals surface area contributed by atoms with Gasteiger partial charge in [-0.1, -0.05) is 6.07 Å². The topological polar surface area (TPSA) is 153 Å². The fourth-order valence-corrected chi connectivity index (χ4v) is 2.56. The van der Waals surface area contributed by atoms with Gasteiger partial charge < -0.3 is 25.0 Å². The van der Waals surface area contributed by atoms with E-state index in [0.29, 0.717) is 32.0 Å². The van der Waals surface area contributed by atoms with Crippen molar-refractivity contribution in [2.24, 2.45) is 0 Å². The number of carbonyl (C=O) groups excluding carboxylic acids is 1. The SMILES string of the molecule is COCCn1cc2c(n1)C(CNC(=O)c1ccccn1)OCC2.O=C(O)C(F)(F)F.O=C(O)C(F)(F)F. The van der Waals surface area contributed by atoms with Gasteiger partial charge in [-0.3, -0.25) is 14.5 Å². The minimum Gasteiger partial charge on any atom is -0.475 e. The first-order chi connectivity index (χ1) is 17.2. The van der Waals surface area contributed by atoms with Crippen LogP contribution in [0.3, 0.4) is 0 Å². The summed E-state index contributed by atoms with van der Waals surface area (Å²) in [5.74, 6) is -5.72. The van der Waals surface area contributed by atoms with E-state index in [1.165, 1.54) is 5.56 Å². The summed E-state index contributed by atoms with van der Waals surface area (Å²) in [6, 6.07) is 5.25. The molecule has 1 unspecified atom stereocenters. The lowest BCUT2D eigenvalue weighted by Gasteiger charge is -2.22. The van der Waals surface area contributed by atoms with Crippen molar-refractivity contribution in [2.45, 2.75) is 31.4 Å². The molecule has 3 N–H and O–H groups in total. The average Bonchev–Trinajstić information content (AvgIpc) is 3.25. The molecule has 0 saturated heterocycles. The third-order valence-electron chi connectivity index (χ3n) is 4.22. The molecule has 206 valence electrons. The van der Waals surface area contributed by atoms with Crippen LogP contribution in [0.5, 0.6) is 0 Å². The molecule has 11 nitrogen and oxygen atoms in total. The number of hydrogen-bond acceptors (Lipinski definition) is 7. The van der Waals surface area contributed by atoms with Gasteiger partial charge in [0, 0.05) is 26.0 Å². The minimum absolute atomic E-state index is 0.208. The molecular weight excluding hydrogens is 522 g/mol. The summed E-state index contributed by atoms with van der Waals surface area (Å²) in [7, 11) is 1.67. The molecule has 1 aliphatic heterocycles. The quantitative estimate of drug-likeness (QED) is 0.465. The monoisotopic (exact) mass is 544 g/mol. The number of carboxylic acids is 2. The van der Waals surface area contributed by atoms with E-state index < -0.39 is 24.3 Å². The zero-order chi connectivity index (χ0) is 28.2. The van der Waals surface area contributed by atoms with Crippen LogP contribution < -0.4 is 5.32 Å². The van der Waals surface area contributed by atoms with E-state index in [-0.39, 0.29) is 12.0 Å². The number of carbonyl (C=O) groups is 3. The Hall–Kier alpha value is -3.73. The molecule has 37 heavy (non-hydrogen) atoms. The molecule has 3 rings (SSSR count). The largest absolute Gasteiger partial charge is 0.490 e. The van der Waals surface area contributed by atoms with Crippen LogP contribution in [0.15, 0.2) is 30.6 Å². The second kappa shape index (κ2) is 14.1. The summed E-state index contributed by atoms with van der Waals surface area (Å²) < 4.78 is 76.2. The smallest absolute Gasteiger partial charge is 0.475 e. The minimum atomic E-state index is -5.08. The molecule has 1 amide bonds. The molecule has 0 aromatic carbocycles. The highest BCUT2D eigenvalue weighted by molar-refractivity contribution is 5.92. The van der Waals surface area contributed by atoms with Gasteiger partial charge in [0.2, 0.25) is 0 Å². The van der Waals surface area contributed by atoms with Crippen LogP contribution in [0.4, 0.5) is 26.3 Å². The van der Waals surface area contributed by atoms with Crippen molar-refractivity contribution in [1.29, 1.82) is 0 Å². The van der Waals surface area contributed by atoms with Gasteiger partial charge in [-0.25, -0.2) is 9.59 Å². The first kappa shape index (κ1) is 31.3. The highest BCUT2D eigenvalue weighted by Gasteiger charge is 2.38. The molecule has 17 heteroatoms. The maximum absolute atomic E-state index is 12.1. The Balaban J connectivity index is 0.000000404. The van der Waals surface area contributed by atoms with Crippen molar-refractivity contribution < 1.29 is 60.4 Å². The van der Waals surface area contributed by atoms with Crippen LogP contribution in [0.2, 0.25) is 0 Å². The summed E-state index contributed by atoms with van der Waals surface area (Å²) >= 11 is 0. The molecule has 0 spiro atoms. The van der Waals surface area contributed by atoms with Crippen LogP contribution in [-0.2, 0) is 32.0 Å². The number of nitrogens with zero attached hydrogens (tertiary/aromatic N) is 3. The number of aromatic nitrogens is 3. The van der Waals surface area contributed by atoms with Gasteiger partial charge in [-0.2, -0.15) is 31.4 Å². The van der Waals surface area contributed by atoms with E-state index in [0.717, 1.165) is 12.1 Å². The van der Waals surface area contributed by atoms with E-state index in [4.69, 9.17) is 29.3 Å². The third kappa shape index (κ3) is 11.2. The second-order valence-electron chi connectivity index (χ2n) is 6.94. The van der Waals surface area contributed by atoms with Crippen LogP contribution in [0, 0.1) is 0 Å². The predicted molar refractivity (Wildman–Crippen MR) is 110 cm³/mol. The first-order valence-corrected chi connectivity index (χ1v) is 10.1. The lowest BCUT2D eigenvalue weighted by molar-refractivity contribution is -0.193. The van der Waals surface area contributed by atoms with Crippen molar-refractivity contribution in [2.75, 3.05) is 26.9 Å². The number of fused-ring (bicyclic) bond motifs is 1. The van der Waals surface area contributed by atoms with Gasteiger partial charge in [0.25, 0.3) is 5.91 Å². The Kier molecular flexibility index (Phi) is 11.9. The number of alkyl halides is 6. The molecule has 0 aliphatic carbocycles. The van der Waals surface area contributed by atoms with Crippen molar-refractivity contribution in [3.63, 3.8) is 0 Å². The van der Waals surface area contributed by atoms with Crippen molar-refractivity contribution >= 4 is 17.8 Å². The molecule has 0 fully saturated rings. The number of amides is 1. The molecule has 3 heterocycles. The van der Waals surface area contributed by atoms with E-state index in [2.05, 4.69) is 15.4 Å². The number of pyridine rings is 1. The van der Waals surface area contributed by atoms with Crippen LogP contribution >= 0.6 is 0 Å². The molecular formula is C20H22F6N4O7. The van der Waals surface area contributed by atoms with Gasteiger partial charge in [0.05, 0.1) is 25.5 Å². The number of rotatable bonds is 6. The molecule has 0 saturated carbocycles. The number of ether oxygens (including phenoxy) is 2. The van der Waals surface area contributed by atoms with Crippen molar-refractivity contribution in [3.8, 4) is 0 Å². The standard InChI is InChI=1S/C16H20N4O3.2C2HF3O2/c1-22-9-7-20-11-12-5-8-23-14(15(12)19-20)10-18-16(21)13-4-2-3-6-17-13;2*3-2(4,5)1(6)7/h2-4,6,11,14H,5,7-10H2,1H3,(H,18,21);2*(H,6,7). The number of halogens is 6. The highest BCUT2D eigenvalue weighted by atomic mass is 19.4. The van der Waals surface area contributed by atoms with Gasteiger partial charge >= 0.3 is 24.3 Å². The average molecular weight is 544 g/mol. The Morgan fingerprint density at radius 3 is 2.22 bits per heavy atom. The Labute approximate surface area is 205 Å². The Morgan fingerprint density at radius 2 is 1.73 bits per heavy atom. The van der Waals surface area contributed by atoms with E-state index in [1.807, 2.05) is 10.9 Å². The molecule has 1 atom stereocenters. The molecule has 2 aromatic heterocycles. The predicted octanol–water partition coefficient (Wildman–Crippen LogP) is 2.23. The van der Waals surface area contributed by atoms with Crippen molar-refractivity contribution in [3.05, 3.63) is 47.5 Å². The van der Waals surface area contributed by atoms with E-state index in [1.54, 1.807) is 31.5 Å². The van der Waals surface area contributed by atoms with E-state index in [9.17, 15) is 31.1 Å². The number of methoxy groups -OCH3 is 1. The van der Waals surface area contributed by atoms with Crippen molar-refractivity contribution in [1.82, 2.24) is 20.1 Å². The second-order valence-corrected chi connectivity index (χ2v) is 6.94. The lowest BCUT2D eigenvalue weighted by Crippen LogP contribution is -2.32. The first-order valence-electron chi connectivity index (χ1n) is 10.1. The summed E-state index contributed by atoms with van der Waals surface area (Å²) in [5.41, 5.74) is 2.47. The Bertz CT molecular complexity index is 1000. The summed E-state index contributed by atoms with van der Waals surface area (Å²) in [4.78, 5) is 33.9. The number of aliphatic carboxylic acids is 2. The summed E-state index contributed by atoms with van der Waals surface area (Å²) in [5, 5.41) is 21.7. The number of nitrogens with one attached hydrogen (secondary N) is 1. The fourth-order valence-electron chi connectivity index (χ4n) is 2.56. The number of hydrogen-bond donors (Lipinski definition) is 3. The molecule has 0 bridgehead atoms. The number of carboxylic acid groups (broad SMARTS) is 2. The zero-order valence-electron chi connectivity index (χ0n) is 19.0. The van der Waals surface area contributed by atoms with Crippen LogP contribution in [0.25, 0.3) is 0 Å². The van der Waals surface area contributed by atoms with Gasteiger partial charge in [0.15, 0.2) is 0 Å². The molecule has 0 radical (unpaired) electrons. The molecule has 1 aliphatic rings. The van der Waals surface area contributed by atoms with Crippen LogP contribution in [-0.4, -0.2) is 82.0 Å². The van der Waals surface area contributed by atoms with Gasteiger partial charge in [-0.15, -0.1) is 0 Å². The van der Waals surface area contributed by atoms with Crippen LogP contribution in [0.1, 0.15) is 27.8 Å². The fraction of sp³-hybridized carbons (Fsp3) is 0.450. The Morgan fingerprint density at radius 1 is 1.14 bits per heavy atom. The third-order valence-corrected chi connectivity index (χ3v) is 4.22. The maximum Gasteiger partial charge on any atom is 0.490 e. The maximum atomic E-state index is 12.1. The highest BCUT2D eigenvalue weighted by Crippen LogP contribution is 2.25.